The van der Waals surface area contributed by atoms with E-state index in [1.165, 1.54) is 24.9 Å². The minimum absolute atomic E-state index is 0.0624. The fourth-order valence-electron chi connectivity index (χ4n) is 5.22. The largest absolute Gasteiger partial charge is 0.477 e. The average Bonchev–Trinajstić information content (AvgIpc) is 3.00. The number of halogens is 2. The molecule has 1 saturated heterocycles. The van der Waals surface area contributed by atoms with E-state index < -0.39 is 28.9 Å². The van der Waals surface area contributed by atoms with Crippen LogP contribution in [0.5, 0.6) is 0 Å². The van der Waals surface area contributed by atoms with Gasteiger partial charge in [0.1, 0.15) is 11.4 Å². The molecule has 0 unspecified atom stereocenters. The molecule has 2 aromatic heterocycles. The monoisotopic (exact) mass is 620 g/mol. The Bertz CT molecular complexity index is 1760. The fraction of sp³-hybridized carbons (Fsp3) is 0.281. The Morgan fingerprint density at radius 1 is 0.977 bits per heavy atom. The molecular weight excluding hydrogens is 591 g/mol. The maximum Gasteiger partial charge on any atom is 0.341 e. The van der Waals surface area contributed by atoms with Gasteiger partial charge in [-0.2, -0.15) is 0 Å². The molecule has 0 saturated carbocycles. The molecule has 1 aliphatic heterocycles. The lowest BCUT2D eigenvalue weighted by molar-refractivity contribution is -0.119. The molecular formula is C32H30Cl2N4O5. The van der Waals surface area contributed by atoms with E-state index >= 15 is 0 Å². The van der Waals surface area contributed by atoms with E-state index in [0.29, 0.717) is 26.7 Å². The van der Waals surface area contributed by atoms with E-state index in [0.717, 1.165) is 37.3 Å². The third-order valence-electron chi connectivity index (χ3n) is 7.61. The predicted octanol–water partition coefficient (Wildman–Crippen LogP) is 5.37. The predicted molar refractivity (Wildman–Crippen MR) is 167 cm³/mol. The molecule has 1 fully saturated rings. The molecule has 1 atom stereocenters. The minimum Gasteiger partial charge on any atom is -0.477 e. The maximum absolute atomic E-state index is 13.1. The summed E-state index contributed by atoms with van der Waals surface area (Å²) in [7, 11) is 0. The van der Waals surface area contributed by atoms with Gasteiger partial charge in [-0.25, -0.2) is 9.78 Å². The van der Waals surface area contributed by atoms with E-state index in [2.05, 4.69) is 15.2 Å². The zero-order chi connectivity index (χ0) is 30.7. The summed E-state index contributed by atoms with van der Waals surface area (Å²) in [6, 6.07) is 12.7. The number of carboxylic acid groups (broad SMARTS) is 1. The summed E-state index contributed by atoms with van der Waals surface area (Å²) in [4.78, 5) is 57.5. The van der Waals surface area contributed by atoms with Gasteiger partial charge in [-0.05, 0) is 73.7 Å². The van der Waals surface area contributed by atoms with Gasteiger partial charge < -0.3 is 19.9 Å². The van der Waals surface area contributed by atoms with Crippen LogP contribution in [0.4, 0.5) is 5.82 Å². The zero-order valence-electron chi connectivity index (χ0n) is 23.5. The molecule has 0 spiro atoms. The van der Waals surface area contributed by atoms with Gasteiger partial charge in [-0.15, -0.1) is 0 Å². The number of hydrogen-bond acceptors (Lipinski definition) is 6. The first-order valence-electron chi connectivity index (χ1n) is 14.0. The first kappa shape index (κ1) is 30.3. The van der Waals surface area contributed by atoms with Crippen molar-refractivity contribution in [3.63, 3.8) is 0 Å². The van der Waals surface area contributed by atoms with Crippen LogP contribution >= 0.6 is 23.2 Å². The molecule has 0 aliphatic carbocycles. The number of aromatic nitrogens is 2. The highest BCUT2D eigenvalue weighted by Crippen LogP contribution is 2.24. The highest BCUT2D eigenvalue weighted by molar-refractivity contribution is 6.42. The molecule has 9 nitrogen and oxygen atoms in total. The number of Topliss-reactive ketones (excluding diaryl/α,β-unsaturated/α-hetero) is 1. The summed E-state index contributed by atoms with van der Waals surface area (Å²) >= 11 is 12.2. The number of anilines is 1. The number of fused-ring (bicyclic) bond motifs is 1. The number of aromatic carboxylic acids is 1. The smallest absolute Gasteiger partial charge is 0.341 e. The van der Waals surface area contributed by atoms with Crippen molar-refractivity contribution in [2.75, 3.05) is 18.0 Å². The van der Waals surface area contributed by atoms with Crippen LogP contribution in [0.1, 0.15) is 58.0 Å². The lowest BCUT2D eigenvalue weighted by atomic mass is 10.0. The maximum atomic E-state index is 13.1. The Hall–Kier alpha value is -4.21. The number of ketones is 1. The fourth-order valence-corrected chi connectivity index (χ4v) is 5.54. The molecule has 1 amide bonds. The van der Waals surface area contributed by atoms with Crippen molar-refractivity contribution >= 4 is 57.6 Å². The van der Waals surface area contributed by atoms with Crippen molar-refractivity contribution in [2.24, 2.45) is 0 Å². The van der Waals surface area contributed by atoms with Crippen LogP contribution in [0, 0.1) is 0 Å². The van der Waals surface area contributed by atoms with Crippen molar-refractivity contribution in [1.29, 1.82) is 0 Å². The number of nitrogens with one attached hydrogen (secondary N) is 1. The number of carboxylic acids is 1. The molecule has 1 aliphatic rings. The second-order valence-corrected chi connectivity index (χ2v) is 11.5. The van der Waals surface area contributed by atoms with Crippen LogP contribution in [0.2, 0.25) is 10.0 Å². The van der Waals surface area contributed by atoms with Crippen molar-refractivity contribution in [2.45, 2.75) is 45.2 Å². The highest BCUT2D eigenvalue weighted by Gasteiger charge is 2.20. The third-order valence-corrected chi connectivity index (χ3v) is 8.35. The van der Waals surface area contributed by atoms with Gasteiger partial charge in [0.05, 0.1) is 27.2 Å². The average molecular weight is 622 g/mol. The SMILES string of the molecule is C[C@H](NC(=O)c1ccc(N2CCCCC2)nc1)C(=O)Cc1ccc2c(c1)c(=O)c(C(=O)O)cn2Cc1ccc(Cl)c(Cl)c1. The Morgan fingerprint density at radius 3 is 2.40 bits per heavy atom. The molecule has 3 heterocycles. The van der Waals surface area contributed by atoms with Crippen molar-refractivity contribution < 1.29 is 19.5 Å². The van der Waals surface area contributed by atoms with Crippen LogP contribution in [0.3, 0.4) is 0 Å². The van der Waals surface area contributed by atoms with E-state index in [4.69, 9.17) is 23.2 Å². The van der Waals surface area contributed by atoms with E-state index in [1.807, 2.05) is 6.07 Å². The van der Waals surface area contributed by atoms with Crippen LogP contribution in [-0.4, -0.2) is 51.4 Å². The van der Waals surface area contributed by atoms with Crippen molar-refractivity contribution in [3.8, 4) is 0 Å². The Morgan fingerprint density at radius 2 is 1.72 bits per heavy atom. The number of benzene rings is 2. The second-order valence-electron chi connectivity index (χ2n) is 10.7. The molecule has 0 radical (unpaired) electrons. The van der Waals surface area contributed by atoms with Crippen LogP contribution in [-0.2, 0) is 17.8 Å². The lowest BCUT2D eigenvalue weighted by Crippen LogP contribution is -2.39. The molecule has 0 bridgehead atoms. The first-order valence-corrected chi connectivity index (χ1v) is 14.7. The van der Waals surface area contributed by atoms with Gasteiger partial charge in [0.15, 0.2) is 5.78 Å². The molecule has 2 aromatic carbocycles. The Balaban J connectivity index is 1.32. The summed E-state index contributed by atoms with van der Waals surface area (Å²) in [6.45, 7) is 3.73. The number of carbonyl (C=O) groups is 3. The topological polar surface area (TPSA) is 122 Å². The Labute approximate surface area is 258 Å². The lowest BCUT2D eigenvalue weighted by Gasteiger charge is -2.27. The third kappa shape index (κ3) is 6.89. The van der Waals surface area contributed by atoms with Crippen molar-refractivity contribution in [1.82, 2.24) is 14.9 Å². The number of piperidine rings is 1. The van der Waals surface area contributed by atoms with Gasteiger partial charge in [0, 0.05) is 43.8 Å². The molecule has 43 heavy (non-hydrogen) atoms. The molecule has 11 heteroatoms. The van der Waals surface area contributed by atoms with Crippen molar-refractivity contribution in [3.05, 3.63) is 103 Å². The Kier molecular flexibility index (Phi) is 9.13. The van der Waals surface area contributed by atoms with Crippen LogP contribution in [0.15, 0.2) is 65.7 Å². The normalized spacial score (nSPS) is 14.0. The van der Waals surface area contributed by atoms with Gasteiger partial charge >= 0.3 is 5.97 Å². The highest BCUT2D eigenvalue weighted by atomic mass is 35.5. The van der Waals surface area contributed by atoms with E-state index in [9.17, 15) is 24.3 Å². The molecule has 4 aromatic rings. The molecule has 5 rings (SSSR count). The van der Waals surface area contributed by atoms with Crippen LogP contribution < -0.4 is 15.6 Å². The molecule has 222 valence electrons. The molecule has 2 N–H and O–H groups in total. The van der Waals surface area contributed by atoms with Gasteiger partial charge in [-0.1, -0.05) is 35.3 Å². The summed E-state index contributed by atoms with van der Waals surface area (Å²) in [5, 5.41) is 13.3. The van der Waals surface area contributed by atoms with Gasteiger partial charge in [0.2, 0.25) is 5.43 Å². The van der Waals surface area contributed by atoms with Gasteiger partial charge in [-0.3, -0.25) is 14.4 Å². The number of amides is 1. The first-order chi connectivity index (χ1) is 20.6. The number of carbonyl (C=O) groups excluding carboxylic acids is 2. The quantitative estimate of drug-likeness (QED) is 0.258. The second kappa shape index (κ2) is 13.0. The van der Waals surface area contributed by atoms with Crippen LogP contribution in [0.25, 0.3) is 10.9 Å². The number of pyridine rings is 2. The number of nitrogens with zero attached hydrogens (tertiary/aromatic N) is 3. The summed E-state index contributed by atoms with van der Waals surface area (Å²) in [6.07, 6.45) is 6.21. The summed E-state index contributed by atoms with van der Waals surface area (Å²) in [5.74, 6) is -1.20. The number of rotatable bonds is 9. The zero-order valence-corrected chi connectivity index (χ0v) is 25.0. The minimum atomic E-state index is -1.36. The van der Waals surface area contributed by atoms with Gasteiger partial charge in [0.25, 0.3) is 5.91 Å². The standard InChI is InChI=1S/C32H30Cl2N4O5/c1-19(36-31(41)22-7-10-29(35-16-22)37-11-3-2-4-12-37)28(39)15-20-6-9-27-23(13-20)30(40)24(32(42)43)18-38(27)17-21-5-8-25(33)26(34)14-21/h5-10,13-14,16,18-19H,2-4,11-12,15,17H2,1H3,(H,36,41)(H,42,43)/t19-/m0/s1. The van der Waals surface area contributed by atoms with E-state index in [1.54, 1.807) is 47.9 Å². The summed E-state index contributed by atoms with van der Waals surface area (Å²) in [5.41, 5.74) is 1.09. The summed E-state index contributed by atoms with van der Waals surface area (Å²) < 4.78 is 1.65. The van der Waals surface area contributed by atoms with E-state index in [-0.39, 0.29) is 24.1 Å². The number of hydrogen-bond donors (Lipinski definition) is 2.